The smallest absolute Gasteiger partial charge is 0.261 e. The van der Waals surface area contributed by atoms with E-state index in [0.717, 1.165) is 0 Å². The van der Waals surface area contributed by atoms with Crippen LogP contribution >= 0.6 is 0 Å². The molecule has 0 N–H and O–H groups in total. The minimum atomic E-state index is -2.40. The lowest BCUT2D eigenvalue weighted by Crippen LogP contribution is -2.44. The molecule has 0 amide bonds. The molecule has 0 saturated carbocycles. The van der Waals surface area contributed by atoms with Crippen molar-refractivity contribution < 1.29 is 13.7 Å². The van der Waals surface area contributed by atoms with Gasteiger partial charge in [-0.3, -0.25) is 19.5 Å². The van der Waals surface area contributed by atoms with E-state index < -0.39 is 40.1 Å². The molecule has 0 saturated heterocycles. The third-order valence-corrected chi connectivity index (χ3v) is 5.96. The Morgan fingerprint density at radius 2 is 1.26 bits per heavy atom. The zero-order chi connectivity index (χ0) is 26.8. The Hall–Kier alpha value is -5.19. The number of nitrogens with zero attached hydrogens (tertiary/aromatic N) is 5. The molecule has 0 aliphatic rings. The van der Waals surface area contributed by atoms with Gasteiger partial charge in [0, 0.05) is 22.9 Å². The van der Waals surface area contributed by atoms with Crippen LogP contribution < -0.4 is 11.2 Å². The van der Waals surface area contributed by atoms with Gasteiger partial charge in [0.15, 0.2) is 0 Å². The van der Waals surface area contributed by atoms with Gasteiger partial charge < -0.3 is 0 Å². The van der Waals surface area contributed by atoms with Gasteiger partial charge in [0.1, 0.15) is 5.69 Å². The molecule has 2 heterocycles. The summed E-state index contributed by atoms with van der Waals surface area (Å²) < 4.78 is 33.6. The predicted octanol–water partition coefficient (Wildman–Crippen LogP) is 4.80. The summed E-state index contributed by atoms with van der Waals surface area (Å²) in [5, 5.41) is 16.4. The van der Waals surface area contributed by atoms with Crippen LogP contribution in [-0.4, -0.2) is 23.8 Å². The molecule has 3 aromatic carbocycles. The highest BCUT2D eigenvalue weighted by molar-refractivity contribution is 5.69. The van der Waals surface area contributed by atoms with E-state index in [4.69, 9.17) is 0 Å². The summed E-state index contributed by atoms with van der Waals surface area (Å²) in [6.45, 7) is 0. The van der Waals surface area contributed by atoms with Crippen molar-refractivity contribution in [1.29, 1.82) is 0 Å². The molecular weight excluding hydrogens is 496 g/mol. The van der Waals surface area contributed by atoms with Gasteiger partial charge in [-0.25, -0.2) is 22.8 Å². The fraction of sp³-hybridized carbons (Fsp3) is 0.0741. The minimum Gasteiger partial charge on any atom is -0.261 e. The molecule has 0 spiro atoms. The Balaban J connectivity index is 1.83. The van der Waals surface area contributed by atoms with Crippen molar-refractivity contribution in [3.8, 4) is 16.9 Å². The standard InChI is InChI=1S/C27H19F2N5O4/c28-24(18-10-4-1-5-11-18)32-22(20-16-30-31(17-20)21-14-8-3-9-15-21)23(34(37)38)26(35)33(27(32)36)25(29)19-12-6-2-7-13-19/h1-17,24-25H. The van der Waals surface area contributed by atoms with Crippen molar-refractivity contribution in [3.63, 3.8) is 0 Å². The highest BCUT2D eigenvalue weighted by Crippen LogP contribution is 2.32. The summed E-state index contributed by atoms with van der Waals surface area (Å²) in [4.78, 5) is 38.2. The monoisotopic (exact) mass is 515 g/mol. The molecule has 5 rings (SSSR count). The number of benzene rings is 3. The number of hydrogen-bond acceptors (Lipinski definition) is 5. The fourth-order valence-corrected chi connectivity index (χ4v) is 4.17. The number of rotatable bonds is 7. The number of halogens is 2. The van der Waals surface area contributed by atoms with Crippen LogP contribution in [0.15, 0.2) is 113 Å². The summed E-state index contributed by atoms with van der Waals surface area (Å²) in [6.07, 6.45) is -2.17. The van der Waals surface area contributed by atoms with Gasteiger partial charge in [-0.1, -0.05) is 78.9 Å². The second-order valence-electron chi connectivity index (χ2n) is 8.28. The molecule has 0 bridgehead atoms. The van der Waals surface area contributed by atoms with Crippen molar-refractivity contribution >= 4 is 5.69 Å². The molecule has 2 aromatic heterocycles. The lowest BCUT2D eigenvalue weighted by atomic mass is 10.1. The third kappa shape index (κ3) is 4.30. The van der Waals surface area contributed by atoms with Crippen molar-refractivity contribution in [2.75, 3.05) is 0 Å². The van der Waals surface area contributed by atoms with E-state index in [1.54, 1.807) is 42.5 Å². The zero-order valence-corrected chi connectivity index (χ0v) is 19.6. The number of para-hydroxylation sites is 1. The second kappa shape index (κ2) is 10.1. The molecule has 11 heteroatoms. The lowest BCUT2D eigenvalue weighted by molar-refractivity contribution is -0.386. The van der Waals surface area contributed by atoms with E-state index in [9.17, 15) is 19.7 Å². The average molecular weight is 515 g/mol. The Labute approximate surface area is 213 Å². The van der Waals surface area contributed by atoms with Gasteiger partial charge in [-0.15, -0.1) is 0 Å². The van der Waals surface area contributed by atoms with Crippen LogP contribution in [0, 0.1) is 10.1 Å². The second-order valence-corrected chi connectivity index (χ2v) is 8.28. The SMILES string of the molecule is O=c1c([N+](=O)[O-])c(-c2cnn(-c3ccccc3)c2)n(C(F)c2ccccc2)c(=O)n1C(F)c1ccccc1. The molecule has 0 aliphatic carbocycles. The van der Waals surface area contributed by atoms with E-state index >= 15 is 8.78 Å². The quantitative estimate of drug-likeness (QED) is 0.229. The van der Waals surface area contributed by atoms with Crippen LogP contribution in [0.3, 0.4) is 0 Å². The first-order valence-electron chi connectivity index (χ1n) is 11.4. The third-order valence-electron chi connectivity index (χ3n) is 5.96. The van der Waals surface area contributed by atoms with Crippen LogP contribution in [0.1, 0.15) is 23.7 Å². The molecule has 0 aliphatic heterocycles. The molecule has 0 fully saturated rings. The summed E-state index contributed by atoms with van der Waals surface area (Å²) in [7, 11) is 0. The maximum absolute atomic E-state index is 16.1. The molecule has 9 nitrogen and oxygen atoms in total. The molecule has 38 heavy (non-hydrogen) atoms. The Morgan fingerprint density at radius 1 is 0.763 bits per heavy atom. The number of aromatic nitrogens is 4. The van der Waals surface area contributed by atoms with Crippen LogP contribution in [0.25, 0.3) is 16.9 Å². The average Bonchev–Trinajstić information content (AvgIpc) is 3.44. The Bertz CT molecular complexity index is 1720. The molecule has 190 valence electrons. The van der Waals surface area contributed by atoms with Crippen LogP contribution in [0.5, 0.6) is 0 Å². The first-order valence-corrected chi connectivity index (χ1v) is 11.4. The maximum atomic E-state index is 16.1. The normalized spacial score (nSPS) is 12.7. The van der Waals surface area contributed by atoms with E-state index in [0.29, 0.717) is 10.3 Å². The van der Waals surface area contributed by atoms with E-state index in [2.05, 4.69) is 5.10 Å². The van der Waals surface area contributed by atoms with Crippen LogP contribution in [-0.2, 0) is 0 Å². The highest BCUT2D eigenvalue weighted by atomic mass is 19.1. The minimum absolute atomic E-state index is 0.0269. The van der Waals surface area contributed by atoms with Gasteiger partial charge in [0.2, 0.25) is 12.6 Å². The van der Waals surface area contributed by atoms with Gasteiger partial charge in [0.05, 0.1) is 16.8 Å². The van der Waals surface area contributed by atoms with Crippen molar-refractivity contribution in [3.05, 3.63) is 145 Å². The maximum Gasteiger partial charge on any atom is 0.358 e. The summed E-state index contributed by atoms with van der Waals surface area (Å²) in [5.74, 6) is 0. The van der Waals surface area contributed by atoms with Gasteiger partial charge in [-0.05, 0) is 12.1 Å². The predicted molar refractivity (Wildman–Crippen MR) is 136 cm³/mol. The molecule has 5 aromatic rings. The number of nitro groups is 1. The number of alkyl halides is 2. The summed E-state index contributed by atoms with van der Waals surface area (Å²) in [6, 6.07) is 23.3. The Kier molecular flexibility index (Phi) is 6.48. The van der Waals surface area contributed by atoms with Crippen molar-refractivity contribution in [2.24, 2.45) is 0 Å². The molecule has 0 radical (unpaired) electrons. The van der Waals surface area contributed by atoms with Crippen LogP contribution in [0.4, 0.5) is 14.5 Å². The van der Waals surface area contributed by atoms with E-state index in [1.807, 2.05) is 0 Å². The van der Waals surface area contributed by atoms with E-state index in [1.165, 1.54) is 65.6 Å². The zero-order valence-electron chi connectivity index (χ0n) is 19.6. The lowest BCUT2D eigenvalue weighted by Gasteiger charge is -2.20. The summed E-state index contributed by atoms with van der Waals surface area (Å²) in [5.41, 5.74) is -4.30. The fourth-order valence-electron chi connectivity index (χ4n) is 4.17. The Morgan fingerprint density at radius 3 is 1.79 bits per heavy atom. The molecular formula is C27H19F2N5O4. The summed E-state index contributed by atoms with van der Waals surface area (Å²) >= 11 is 0. The molecule has 2 atom stereocenters. The first kappa shape index (κ1) is 24.5. The first-order chi connectivity index (χ1) is 18.4. The van der Waals surface area contributed by atoms with E-state index in [-0.39, 0.29) is 21.3 Å². The topological polar surface area (TPSA) is 105 Å². The van der Waals surface area contributed by atoms with Gasteiger partial charge in [-0.2, -0.15) is 5.10 Å². The van der Waals surface area contributed by atoms with Gasteiger partial charge in [0.25, 0.3) is 0 Å². The highest BCUT2D eigenvalue weighted by Gasteiger charge is 2.35. The van der Waals surface area contributed by atoms with Crippen molar-refractivity contribution in [2.45, 2.75) is 12.6 Å². The van der Waals surface area contributed by atoms with Crippen molar-refractivity contribution in [1.82, 2.24) is 18.9 Å². The number of hydrogen-bond donors (Lipinski definition) is 0. The van der Waals surface area contributed by atoms with Gasteiger partial charge >= 0.3 is 16.9 Å². The van der Waals surface area contributed by atoms with Crippen LogP contribution in [0.2, 0.25) is 0 Å². The molecule has 2 unspecified atom stereocenters. The largest absolute Gasteiger partial charge is 0.358 e.